The van der Waals surface area contributed by atoms with E-state index < -0.39 is 29.7 Å². The third-order valence-electron chi connectivity index (χ3n) is 7.55. The van der Waals surface area contributed by atoms with Gasteiger partial charge in [0.2, 0.25) is 5.91 Å². The molecule has 1 aliphatic heterocycles. The highest BCUT2D eigenvalue weighted by atomic mass is 19.1. The van der Waals surface area contributed by atoms with Gasteiger partial charge in [-0.2, -0.15) is 0 Å². The van der Waals surface area contributed by atoms with Crippen molar-refractivity contribution >= 4 is 23.8 Å². The molecule has 1 N–H and O–H groups in total. The Bertz CT molecular complexity index is 1750. The van der Waals surface area contributed by atoms with Crippen LogP contribution in [0.2, 0.25) is 0 Å². The monoisotopic (exact) mass is 658 g/mol. The summed E-state index contributed by atoms with van der Waals surface area (Å²) in [6, 6.07) is 19.4. The Hall–Kier alpha value is -5.46. The van der Waals surface area contributed by atoms with Gasteiger partial charge >= 0.3 is 12.2 Å². The summed E-state index contributed by atoms with van der Waals surface area (Å²) in [7, 11) is 1.61. The van der Waals surface area contributed by atoms with Crippen molar-refractivity contribution in [2.75, 3.05) is 25.1 Å². The van der Waals surface area contributed by atoms with Crippen LogP contribution in [0.1, 0.15) is 44.5 Å². The number of aromatic nitrogens is 3. The number of rotatable bonds is 11. The molecule has 1 fully saturated rings. The summed E-state index contributed by atoms with van der Waals surface area (Å²) in [5.74, 6) is 0.0164. The first-order valence-corrected chi connectivity index (χ1v) is 15.5. The lowest BCUT2D eigenvalue weighted by Crippen LogP contribution is -2.36. The van der Waals surface area contributed by atoms with Crippen LogP contribution < -0.4 is 15.0 Å². The van der Waals surface area contributed by atoms with Crippen molar-refractivity contribution in [1.82, 2.24) is 25.2 Å². The molecule has 1 aromatic heterocycles. The fraction of sp³-hybridized carbons (Fsp3) is 0.343. The SMILES string of the molecule is COc1ccc(Cn2nncc2CN(Cc2ccc(-c3ccc(N4C[C@H](CNC(C)=O)OC4=O)cc3F)cc2)C(=O)OC(C)(C)C)cc1. The zero-order chi connectivity index (χ0) is 34.4. The number of amides is 3. The number of hydrogen-bond donors (Lipinski definition) is 1. The summed E-state index contributed by atoms with van der Waals surface area (Å²) >= 11 is 0. The zero-order valence-corrected chi connectivity index (χ0v) is 27.6. The van der Waals surface area contributed by atoms with Crippen LogP contribution >= 0.6 is 0 Å². The number of anilines is 1. The highest BCUT2D eigenvalue weighted by Crippen LogP contribution is 2.30. The molecular weight excluding hydrogens is 619 g/mol. The van der Waals surface area contributed by atoms with Crippen LogP contribution in [0.15, 0.2) is 72.9 Å². The molecular formula is C35H39FN6O6. The fourth-order valence-electron chi connectivity index (χ4n) is 5.16. The summed E-state index contributed by atoms with van der Waals surface area (Å²) in [4.78, 5) is 39.9. The van der Waals surface area contributed by atoms with Gasteiger partial charge in [0.25, 0.3) is 0 Å². The Morgan fingerprint density at radius 2 is 1.75 bits per heavy atom. The molecule has 5 rings (SSSR count). The average Bonchev–Trinajstić information content (AvgIpc) is 3.64. The largest absolute Gasteiger partial charge is 0.497 e. The minimum absolute atomic E-state index is 0.181. The molecule has 1 atom stereocenters. The van der Waals surface area contributed by atoms with Crippen molar-refractivity contribution in [2.24, 2.45) is 0 Å². The topological polar surface area (TPSA) is 128 Å². The van der Waals surface area contributed by atoms with E-state index in [9.17, 15) is 14.4 Å². The second kappa shape index (κ2) is 14.5. The van der Waals surface area contributed by atoms with Gasteiger partial charge in [-0.05, 0) is 67.8 Å². The molecule has 0 spiro atoms. The van der Waals surface area contributed by atoms with E-state index in [-0.39, 0.29) is 32.1 Å². The second-order valence-electron chi connectivity index (χ2n) is 12.5. The van der Waals surface area contributed by atoms with Crippen LogP contribution in [0.25, 0.3) is 11.1 Å². The van der Waals surface area contributed by atoms with Crippen molar-refractivity contribution < 1.29 is 33.0 Å². The zero-order valence-electron chi connectivity index (χ0n) is 27.6. The number of nitrogens with one attached hydrogen (secondary N) is 1. The van der Waals surface area contributed by atoms with Crippen molar-refractivity contribution in [3.63, 3.8) is 0 Å². The van der Waals surface area contributed by atoms with Gasteiger partial charge in [0.05, 0.1) is 50.9 Å². The van der Waals surface area contributed by atoms with Crippen molar-refractivity contribution in [3.8, 4) is 16.9 Å². The molecule has 0 unspecified atom stereocenters. The maximum atomic E-state index is 15.4. The number of hydrogen-bond acceptors (Lipinski definition) is 8. The number of cyclic esters (lactones) is 1. The minimum atomic E-state index is -0.706. The van der Waals surface area contributed by atoms with E-state index in [4.69, 9.17) is 14.2 Å². The molecule has 4 aromatic rings. The first kappa shape index (κ1) is 33.9. The smallest absolute Gasteiger partial charge is 0.414 e. The predicted molar refractivity (Wildman–Crippen MR) is 176 cm³/mol. The highest BCUT2D eigenvalue weighted by Gasteiger charge is 2.33. The molecule has 1 aliphatic rings. The van der Waals surface area contributed by atoms with Crippen LogP contribution in [0.5, 0.6) is 5.75 Å². The van der Waals surface area contributed by atoms with E-state index in [1.54, 1.807) is 47.2 Å². The Kier molecular flexibility index (Phi) is 10.3. The number of nitrogens with zero attached hydrogens (tertiary/aromatic N) is 5. The summed E-state index contributed by atoms with van der Waals surface area (Å²) in [5.41, 5.74) is 3.15. The Balaban J connectivity index is 1.29. The maximum Gasteiger partial charge on any atom is 0.414 e. The molecule has 3 amide bonds. The summed E-state index contributed by atoms with van der Waals surface area (Å²) in [5, 5.41) is 10.9. The normalized spacial score (nSPS) is 14.4. The van der Waals surface area contributed by atoms with E-state index in [0.717, 1.165) is 22.6 Å². The van der Waals surface area contributed by atoms with Gasteiger partial charge in [-0.15, -0.1) is 5.10 Å². The number of benzene rings is 3. The van der Waals surface area contributed by atoms with Gasteiger partial charge in [0.1, 0.15) is 23.3 Å². The highest BCUT2D eigenvalue weighted by molar-refractivity contribution is 5.90. The molecule has 252 valence electrons. The van der Waals surface area contributed by atoms with Crippen LogP contribution in [0.4, 0.5) is 19.7 Å². The van der Waals surface area contributed by atoms with Gasteiger partial charge in [-0.25, -0.2) is 18.7 Å². The van der Waals surface area contributed by atoms with Crippen LogP contribution in [0, 0.1) is 5.82 Å². The molecule has 0 aliphatic carbocycles. The molecule has 0 bridgehead atoms. The lowest BCUT2D eigenvalue weighted by Gasteiger charge is -2.27. The molecule has 13 heteroatoms. The number of carbonyl (C=O) groups excluding carboxylic acids is 3. The van der Waals surface area contributed by atoms with E-state index >= 15 is 4.39 Å². The molecule has 48 heavy (non-hydrogen) atoms. The Morgan fingerprint density at radius 3 is 2.40 bits per heavy atom. The van der Waals surface area contributed by atoms with Crippen LogP contribution in [-0.4, -0.2) is 69.9 Å². The van der Waals surface area contributed by atoms with Crippen molar-refractivity contribution in [3.05, 3.63) is 95.6 Å². The molecule has 0 radical (unpaired) electrons. The van der Waals surface area contributed by atoms with Gasteiger partial charge in [0, 0.05) is 19.0 Å². The van der Waals surface area contributed by atoms with E-state index in [1.165, 1.54) is 17.9 Å². The average molecular weight is 659 g/mol. The third-order valence-corrected chi connectivity index (χ3v) is 7.55. The van der Waals surface area contributed by atoms with Crippen molar-refractivity contribution in [1.29, 1.82) is 0 Å². The minimum Gasteiger partial charge on any atom is -0.497 e. The molecule has 2 heterocycles. The number of methoxy groups -OCH3 is 1. The molecule has 3 aromatic carbocycles. The second-order valence-corrected chi connectivity index (χ2v) is 12.5. The summed E-state index contributed by atoms with van der Waals surface area (Å²) < 4.78 is 33.4. The first-order chi connectivity index (χ1) is 22.9. The van der Waals surface area contributed by atoms with E-state index in [1.807, 2.05) is 57.2 Å². The van der Waals surface area contributed by atoms with Gasteiger partial charge in [-0.1, -0.05) is 41.6 Å². The number of ether oxygens (including phenoxy) is 3. The summed E-state index contributed by atoms with van der Waals surface area (Å²) in [6.07, 6.45) is 0.00453. The maximum absolute atomic E-state index is 15.4. The first-order valence-electron chi connectivity index (χ1n) is 15.5. The van der Waals surface area contributed by atoms with E-state index in [2.05, 4.69) is 15.6 Å². The van der Waals surface area contributed by atoms with Gasteiger partial charge in [0.15, 0.2) is 0 Å². The molecule has 0 saturated carbocycles. The predicted octanol–water partition coefficient (Wildman–Crippen LogP) is 5.54. The quantitative estimate of drug-likeness (QED) is 0.223. The number of carbonyl (C=O) groups is 3. The third kappa shape index (κ3) is 8.66. The van der Waals surface area contributed by atoms with Gasteiger partial charge < -0.3 is 19.5 Å². The standard InChI is InChI=1S/C35H39FN6O6/c1-23(43)37-18-30-22-41(34(45)47-30)27-12-15-31(32(36)16-27)26-10-6-24(7-11-26)19-40(33(44)48-35(2,3)4)21-28-17-38-39-42(28)20-25-8-13-29(46-5)14-9-25/h6-17,30H,18-22H2,1-5H3,(H,37,43)/t30-/m0/s1. The Morgan fingerprint density at radius 1 is 1.04 bits per heavy atom. The van der Waals surface area contributed by atoms with Crippen molar-refractivity contribution in [2.45, 2.75) is 59.0 Å². The Labute approximate surface area is 278 Å². The molecule has 12 nitrogen and oxygen atoms in total. The van der Waals surface area contributed by atoms with Crippen LogP contribution in [0.3, 0.4) is 0 Å². The molecule has 1 saturated heterocycles. The lowest BCUT2D eigenvalue weighted by atomic mass is 10.0. The number of halogens is 1. The van der Waals surface area contributed by atoms with E-state index in [0.29, 0.717) is 23.4 Å². The fourth-order valence-corrected chi connectivity index (χ4v) is 5.16. The van der Waals surface area contributed by atoms with Crippen LogP contribution in [-0.2, 0) is 33.9 Å². The lowest BCUT2D eigenvalue weighted by molar-refractivity contribution is -0.119. The summed E-state index contributed by atoms with van der Waals surface area (Å²) in [6.45, 7) is 8.06. The van der Waals surface area contributed by atoms with Gasteiger partial charge in [-0.3, -0.25) is 14.6 Å².